The van der Waals surface area contributed by atoms with Gasteiger partial charge in [-0.25, -0.2) is 15.0 Å². The van der Waals surface area contributed by atoms with Crippen LogP contribution in [0.4, 0.5) is 0 Å². The molecule has 1 aliphatic carbocycles. The molecular formula is C54H35N3OS. The summed E-state index contributed by atoms with van der Waals surface area (Å²) in [7, 11) is 0. The predicted octanol–water partition coefficient (Wildman–Crippen LogP) is 14.8. The van der Waals surface area contributed by atoms with Crippen molar-refractivity contribution in [1.29, 1.82) is 0 Å². The predicted molar refractivity (Wildman–Crippen MR) is 245 cm³/mol. The second kappa shape index (κ2) is 12.9. The van der Waals surface area contributed by atoms with Crippen LogP contribution >= 0.6 is 11.3 Å². The summed E-state index contributed by atoms with van der Waals surface area (Å²) in [6.45, 7) is 4.61. The van der Waals surface area contributed by atoms with Gasteiger partial charge in [0.2, 0.25) is 0 Å². The van der Waals surface area contributed by atoms with E-state index in [0.717, 1.165) is 44.2 Å². The quantitative estimate of drug-likeness (QED) is 0.175. The van der Waals surface area contributed by atoms with Gasteiger partial charge in [-0.1, -0.05) is 147 Å². The van der Waals surface area contributed by atoms with Crippen molar-refractivity contribution in [2.45, 2.75) is 19.3 Å². The van der Waals surface area contributed by atoms with E-state index < -0.39 is 0 Å². The van der Waals surface area contributed by atoms with E-state index in [1.807, 2.05) is 41.7 Å². The molecule has 0 saturated carbocycles. The normalized spacial score (nSPS) is 13.1. The molecule has 5 heteroatoms. The number of aromatic nitrogens is 3. The zero-order valence-corrected chi connectivity index (χ0v) is 33.2. The van der Waals surface area contributed by atoms with E-state index in [9.17, 15) is 0 Å². The molecule has 278 valence electrons. The second-order valence-electron chi connectivity index (χ2n) is 16.0. The van der Waals surface area contributed by atoms with Crippen LogP contribution in [0.2, 0.25) is 0 Å². The molecule has 3 heterocycles. The SMILES string of the molecule is CC1(C)c2ccccc2-c2ccc(-c3nc(-c4ccccc4)nc(-c4cccc5oc6ccc(-c7cc(-c8ccccc8)cc8sc9ccccc9c78)cc6c45)n3)cc21. The molecule has 0 N–H and O–H groups in total. The first-order valence-electron chi connectivity index (χ1n) is 20.0. The maximum atomic E-state index is 6.61. The van der Waals surface area contributed by atoms with Crippen molar-refractivity contribution in [1.82, 2.24) is 15.0 Å². The molecule has 0 unspecified atom stereocenters. The van der Waals surface area contributed by atoms with Crippen molar-refractivity contribution < 1.29 is 4.42 Å². The Morgan fingerprint density at radius 2 is 1.07 bits per heavy atom. The summed E-state index contributed by atoms with van der Waals surface area (Å²) >= 11 is 1.85. The van der Waals surface area contributed by atoms with Gasteiger partial charge < -0.3 is 4.42 Å². The van der Waals surface area contributed by atoms with Gasteiger partial charge in [0.1, 0.15) is 11.2 Å². The van der Waals surface area contributed by atoms with Crippen LogP contribution in [-0.2, 0) is 5.41 Å². The Hall–Kier alpha value is -7.21. The van der Waals surface area contributed by atoms with Gasteiger partial charge in [0.15, 0.2) is 17.5 Å². The van der Waals surface area contributed by atoms with Crippen molar-refractivity contribution in [2.75, 3.05) is 0 Å². The lowest BCUT2D eigenvalue weighted by molar-refractivity contribution is 0.660. The Labute approximate surface area is 345 Å². The lowest BCUT2D eigenvalue weighted by Crippen LogP contribution is -2.15. The highest BCUT2D eigenvalue weighted by molar-refractivity contribution is 7.26. The standard InChI is InChI=1S/C54H35N3OS/c1-54(2)43-21-11-9-18-37(43)38-26-24-35(30-44(38)54)52-55-51(33-16-7-4-8-17-33)56-53(57-52)40-20-13-22-46-49(40)42-28-34(25-27-45(42)58-46)41-29-36(32-14-5-3-6-15-32)31-48-50(41)39-19-10-12-23-47(39)59-48/h3-31H,1-2H3. The fourth-order valence-corrected chi connectivity index (χ4v) is 10.4. The highest BCUT2D eigenvalue weighted by Crippen LogP contribution is 2.50. The van der Waals surface area contributed by atoms with E-state index in [1.165, 1.54) is 59.1 Å². The third-order valence-corrected chi connectivity index (χ3v) is 13.3. The zero-order chi connectivity index (χ0) is 39.2. The van der Waals surface area contributed by atoms with Crippen LogP contribution in [0, 0.1) is 0 Å². The Bertz CT molecular complexity index is 3470. The number of hydrogen-bond donors (Lipinski definition) is 0. The van der Waals surface area contributed by atoms with Gasteiger partial charge in [0.05, 0.1) is 0 Å². The number of hydrogen-bond acceptors (Lipinski definition) is 5. The first kappa shape index (κ1) is 33.9. The van der Waals surface area contributed by atoms with Gasteiger partial charge in [-0.3, -0.25) is 0 Å². The maximum absolute atomic E-state index is 6.61. The molecule has 0 radical (unpaired) electrons. The summed E-state index contributed by atoms with van der Waals surface area (Å²) < 4.78 is 9.15. The summed E-state index contributed by atoms with van der Waals surface area (Å²) in [6, 6.07) is 62.5. The average molecular weight is 774 g/mol. The second-order valence-corrected chi connectivity index (χ2v) is 17.0. The third-order valence-electron chi connectivity index (χ3n) is 12.1. The first-order chi connectivity index (χ1) is 29.0. The molecule has 0 bridgehead atoms. The van der Waals surface area contributed by atoms with Crippen molar-refractivity contribution in [2.24, 2.45) is 0 Å². The van der Waals surface area contributed by atoms with Gasteiger partial charge in [-0.05, 0) is 87.0 Å². The lowest BCUT2D eigenvalue weighted by atomic mass is 9.82. The molecule has 4 nitrogen and oxygen atoms in total. The first-order valence-corrected chi connectivity index (χ1v) is 20.8. The number of benzene rings is 8. The van der Waals surface area contributed by atoms with Crippen molar-refractivity contribution in [3.63, 3.8) is 0 Å². The highest BCUT2D eigenvalue weighted by Gasteiger charge is 2.35. The number of rotatable bonds is 5. The van der Waals surface area contributed by atoms with Gasteiger partial charge in [0, 0.05) is 53.1 Å². The Morgan fingerprint density at radius 3 is 1.92 bits per heavy atom. The molecule has 12 rings (SSSR count). The number of furan rings is 1. The maximum Gasteiger partial charge on any atom is 0.164 e. The average Bonchev–Trinajstić information content (AvgIpc) is 3.93. The molecule has 0 atom stereocenters. The van der Waals surface area contributed by atoms with E-state index >= 15 is 0 Å². The van der Waals surface area contributed by atoms with Crippen molar-refractivity contribution in [3.8, 4) is 67.5 Å². The van der Waals surface area contributed by atoms with Gasteiger partial charge in [-0.2, -0.15) is 0 Å². The molecule has 0 spiro atoms. The smallest absolute Gasteiger partial charge is 0.164 e. The van der Waals surface area contributed by atoms with E-state index in [0.29, 0.717) is 17.5 Å². The van der Waals surface area contributed by atoms with Crippen LogP contribution in [0.3, 0.4) is 0 Å². The van der Waals surface area contributed by atoms with Crippen LogP contribution in [0.1, 0.15) is 25.0 Å². The summed E-state index contributed by atoms with van der Waals surface area (Å²) in [5.74, 6) is 1.87. The molecule has 8 aromatic carbocycles. The highest BCUT2D eigenvalue weighted by atomic mass is 32.1. The van der Waals surface area contributed by atoms with E-state index in [4.69, 9.17) is 19.4 Å². The fraction of sp³-hybridized carbons (Fsp3) is 0.0556. The van der Waals surface area contributed by atoms with Crippen molar-refractivity contribution >= 4 is 53.4 Å². The summed E-state index contributed by atoms with van der Waals surface area (Å²) in [5, 5.41) is 4.54. The Balaban J connectivity index is 1.07. The summed E-state index contributed by atoms with van der Waals surface area (Å²) in [4.78, 5) is 15.6. The van der Waals surface area contributed by atoms with Gasteiger partial charge in [0.25, 0.3) is 0 Å². The molecule has 0 amide bonds. The third kappa shape index (κ3) is 5.32. The molecule has 0 saturated heterocycles. The lowest BCUT2D eigenvalue weighted by Gasteiger charge is -2.21. The summed E-state index contributed by atoms with van der Waals surface area (Å²) in [5.41, 5.74) is 14.1. The topological polar surface area (TPSA) is 51.8 Å². The minimum Gasteiger partial charge on any atom is -0.456 e. The number of nitrogens with zero attached hydrogens (tertiary/aromatic N) is 3. The van der Waals surface area contributed by atoms with Crippen molar-refractivity contribution in [3.05, 3.63) is 187 Å². The van der Waals surface area contributed by atoms with Gasteiger partial charge >= 0.3 is 0 Å². The summed E-state index contributed by atoms with van der Waals surface area (Å²) in [6.07, 6.45) is 0. The Morgan fingerprint density at radius 1 is 0.390 bits per heavy atom. The molecule has 0 aliphatic heterocycles. The Kier molecular flexibility index (Phi) is 7.41. The molecular weight excluding hydrogens is 739 g/mol. The van der Waals surface area contributed by atoms with E-state index in [-0.39, 0.29) is 5.41 Å². The fourth-order valence-electron chi connectivity index (χ4n) is 9.25. The minimum atomic E-state index is -0.152. The number of fused-ring (bicyclic) bond motifs is 9. The largest absolute Gasteiger partial charge is 0.456 e. The number of thiophene rings is 1. The van der Waals surface area contributed by atoms with Crippen LogP contribution in [0.25, 0.3) is 110 Å². The van der Waals surface area contributed by atoms with Gasteiger partial charge in [-0.15, -0.1) is 11.3 Å². The van der Waals surface area contributed by atoms with E-state index in [1.54, 1.807) is 0 Å². The van der Waals surface area contributed by atoms with E-state index in [2.05, 4.69) is 159 Å². The van der Waals surface area contributed by atoms with Crippen LogP contribution < -0.4 is 0 Å². The van der Waals surface area contributed by atoms with Crippen LogP contribution in [0.5, 0.6) is 0 Å². The molecule has 1 aliphatic rings. The minimum absolute atomic E-state index is 0.152. The monoisotopic (exact) mass is 773 g/mol. The molecule has 0 fully saturated rings. The molecule has 59 heavy (non-hydrogen) atoms. The van der Waals surface area contributed by atoms with Crippen LogP contribution in [0.15, 0.2) is 180 Å². The molecule has 11 aromatic rings. The van der Waals surface area contributed by atoms with Crippen LogP contribution in [-0.4, -0.2) is 15.0 Å². The molecule has 3 aromatic heterocycles. The zero-order valence-electron chi connectivity index (χ0n) is 32.4.